The molecule has 0 radical (unpaired) electrons. The highest BCUT2D eigenvalue weighted by molar-refractivity contribution is 7.99. The normalized spacial score (nSPS) is 14.3. The van der Waals surface area contributed by atoms with Crippen LogP contribution < -0.4 is 9.47 Å². The Morgan fingerprint density at radius 1 is 1.06 bits per heavy atom. The number of hydrogen-bond acceptors (Lipinski definition) is 7. The van der Waals surface area contributed by atoms with Gasteiger partial charge in [-0.25, -0.2) is 0 Å². The molecule has 0 spiro atoms. The van der Waals surface area contributed by atoms with E-state index in [1.165, 1.54) is 26.0 Å². The van der Waals surface area contributed by atoms with Gasteiger partial charge in [-0.05, 0) is 6.92 Å². The standard InChI is InChI=1S/C9H15N3O3S/c1-5(13)6(2)16-9-11-7(14-3)10-8(12-9)15-4/h5-6,13H,1-4H3. The van der Waals surface area contributed by atoms with Crippen molar-refractivity contribution in [2.45, 2.75) is 30.4 Å². The molecule has 90 valence electrons. The zero-order chi connectivity index (χ0) is 12.1. The minimum atomic E-state index is -0.446. The summed E-state index contributed by atoms with van der Waals surface area (Å²) in [4.78, 5) is 12.0. The lowest BCUT2D eigenvalue weighted by atomic mass is 10.3. The molecule has 0 aliphatic rings. The van der Waals surface area contributed by atoms with Gasteiger partial charge in [-0.2, -0.15) is 9.97 Å². The minimum absolute atomic E-state index is 0.0168. The molecule has 1 rings (SSSR count). The molecule has 0 saturated carbocycles. The van der Waals surface area contributed by atoms with Crippen LogP contribution in [0.2, 0.25) is 0 Å². The molecule has 1 N–H and O–H groups in total. The van der Waals surface area contributed by atoms with Gasteiger partial charge in [0.2, 0.25) is 0 Å². The number of rotatable bonds is 5. The Hall–Kier alpha value is -1.08. The zero-order valence-electron chi connectivity index (χ0n) is 9.67. The first-order valence-corrected chi connectivity index (χ1v) is 5.63. The summed E-state index contributed by atoms with van der Waals surface area (Å²) in [6.07, 6.45) is -0.446. The molecule has 2 atom stereocenters. The average Bonchev–Trinajstić information content (AvgIpc) is 2.28. The van der Waals surface area contributed by atoms with Crippen LogP contribution in [0.1, 0.15) is 13.8 Å². The number of thioether (sulfide) groups is 1. The van der Waals surface area contributed by atoms with Gasteiger partial charge in [0.05, 0.1) is 20.3 Å². The van der Waals surface area contributed by atoms with Crippen molar-refractivity contribution >= 4 is 11.8 Å². The third kappa shape index (κ3) is 3.49. The van der Waals surface area contributed by atoms with E-state index in [0.717, 1.165) is 0 Å². The molecule has 0 amide bonds. The van der Waals surface area contributed by atoms with Crippen LogP contribution in [-0.2, 0) is 0 Å². The van der Waals surface area contributed by atoms with Crippen LogP contribution in [0.3, 0.4) is 0 Å². The molecule has 0 saturated heterocycles. The van der Waals surface area contributed by atoms with Crippen molar-refractivity contribution in [2.24, 2.45) is 0 Å². The Morgan fingerprint density at radius 3 is 1.94 bits per heavy atom. The van der Waals surface area contributed by atoms with Gasteiger partial charge < -0.3 is 14.6 Å². The highest BCUT2D eigenvalue weighted by atomic mass is 32.2. The van der Waals surface area contributed by atoms with Crippen LogP contribution in [0, 0.1) is 0 Å². The predicted molar refractivity (Wildman–Crippen MR) is 59.9 cm³/mol. The van der Waals surface area contributed by atoms with Crippen molar-refractivity contribution in [3.05, 3.63) is 0 Å². The largest absolute Gasteiger partial charge is 0.467 e. The summed E-state index contributed by atoms with van der Waals surface area (Å²) >= 11 is 1.34. The first-order chi connectivity index (χ1) is 7.56. The van der Waals surface area contributed by atoms with Gasteiger partial charge in [0, 0.05) is 5.25 Å². The summed E-state index contributed by atoms with van der Waals surface area (Å²) in [6, 6.07) is 0.402. The second-order valence-corrected chi connectivity index (χ2v) is 4.50. The smallest absolute Gasteiger partial charge is 0.323 e. The SMILES string of the molecule is COc1nc(OC)nc(SC(C)C(C)O)n1. The van der Waals surface area contributed by atoms with E-state index in [9.17, 15) is 5.11 Å². The number of methoxy groups -OCH3 is 2. The first kappa shape index (κ1) is 13.0. The van der Waals surface area contributed by atoms with E-state index in [4.69, 9.17) is 9.47 Å². The number of nitrogens with zero attached hydrogens (tertiary/aromatic N) is 3. The van der Waals surface area contributed by atoms with E-state index in [0.29, 0.717) is 5.16 Å². The van der Waals surface area contributed by atoms with Crippen LogP contribution >= 0.6 is 11.8 Å². The maximum absolute atomic E-state index is 9.38. The second kappa shape index (κ2) is 5.86. The maximum Gasteiger partial charge on any atom is 0.323 e. The fourth-order valence-electron chi connectivity index (χ4n) is 0.820. The molecule has 0 aliphatic carbocycles. The summed E-state index contributed by atoms with van der Waals surface area (Å²) in [5, 5.41) is 9.83. The number of ether oxygens (including phenoxy) is 2. The van der Waals surface area contributed by atoms with E-state index in [1.54, 1.807) is 6.92 Å². The lowest BCUT2D eigenvalue weighted by Crippen LogP contribution is -2.15. The van der Waals surface area contributed by atoms with Crippen molar-refractivity contribution in [1.29, 1.82) is 0 Å². The fraction of sp³-hybridized carbons (Fsp3) is 0.667. The van der Waals surface area contributed by atoms with Gasteiger partial charge in [-0.3, -0.25) is 0 Å². The summed E-state index contributed by atoms with van der Waals surface area (Å²) in [5.41, 5.74) is 0. The van der Waals surface area contributed by atoms with Gasteiger partial charge in [-0.15, -0.1) is 4.98 Å². The summed E-state index contributed by atoms with van der Waals surface area (Å²) in [7, 11) is 2.95. The van der Waals surface area contributed by atoms with Gasteiger partial charge in [0.25, 0.3) is 0 Å². The quantitative estimate of drug-likeness (QED) is 0.767. The minimum Gasteiger partial charge on any atom is -0.467 e. The van der Waals surface area contributed by atoms with Gasteiger partial charge in [-0.1, -0.05) is 18.7 Å². The van der Waals surface area contributed by atoms with E-state index in [-0.39, 0.29) is 17.3 Å². The number of aliphatic hydroxyl groups excluding tert-OH is 1. The molecular formula is C9H15N3O3S. The molecule has 1 aromatic heterocycles. The Bertz CT molecular complexity index is 327. The van der Waals surface area contributed by atoms with Crippen molar-refractivity contribution in [1.82, 2.24) is 15.0 Å². The molecule has 1 heterocycles. The van der Waals surface area contributed by atoms with E-state index < -0.39 is 6.10 Å². The zero-order valence-corrected chi connectivity index (χ0v) is 10.5. The number of aliphatic hydroxyl groups is 1. The summed E-state index contributed by atoms with van der Waals surface area (Å²) in [6.45, 7) is 3.60. The van der Waals surface area contributed by atoms with Gasteiger partial charge in [0.1, 0.15) is 0 Å². The topological polar surface area (TPSA) is 77.4 Å². The monoisotopic (exact) mass is 245 g/mol. The fourth-order valence-corrected chi connectivity index (χ4v) is 1.61. The molecule has 0 aliphatic heterocycles. The van der Waals surface area contributed by atoms with E-state index in [1.807, 2.05) is 6.92 Å². The Kier molecular flexibility index (Phi) is 4.75. The van der Waals surface area contributed by atoms with Crippen molar-refractivity contribution in [3.63, 3.8) is 0 Å². The third-order valence-corrected chi connectivity index (χ3v) is 3.07. The van der Waals surface area contributed by atoms with Gasteiger partial charge >= 0.3 is 12.0 Å². The van der Waals surface area contributed by atoms with Crippen LogP contribution in [0.25, 0.3) is 0 Å². The lowest BCUT2D eigenvalue weighted by molar-refractivity contribution is 0.196. The van der Waals surface area contributed by atoms with E-state index >= 15 is 0 Å². The lowest BCUT2D eigenvalue weighted by Gasteiger charge is -2.12. The van der Waals surface area contributed by atoms with Crippen LogP contribution in [0.5, 0.6) is 12.0 Å². The summed E-state index contributed by atoms with van der Waals surface area (Å²) < 4.78 is 9.84. The molecule has 0 aromatic carbocycles. The highest BCUT2D eigenvalue weighted by Gasteiger charge is 2.15. The Labute approximate surface area is 98.4 Å². The van der Waals surface area contributed by atoms with E-state index in [2.05, 4.69) is 15.0 Å². The maximum atomic E-state index is 9.38. The van der Waals surface area contributed by atoms with Crippen molar-refractivity contribution in [3.8, 4) is 12.0 Å². The Morgan fingerprint density at radius 2 is 1.56 bits per heavy atom. The number of aromatic nitrogens is 3. The number of hydrogen-bond donors (Lipinski definition) is 1. The predicted octanol–water partition coefficient (Wildman–Crippen LogP) is 0.750. The second-order valence-electron chi connectivity index (χ2n) is 3.15. The third-order valence-electron chi connectivity index (χ3n) is 1.91. The molecular weight excluding hydrogens is 230 g/mol. The Balaban J connectivity index is 2.86. The first-order valence-electron chi connectivity index (χ1n) is 4.75. The average molecular weight is 245 g/mol. The van der Waals surface area contributed by atoms with Crippen LogP contribution in [0.4, 0.5) is 0 Å². The molecule has 0 bridgehead atoms. The van der Waals surface area contributed by atoms with Crippen molar-refractivity contribution < 1.29 is 14.6 Å². The summed E-state index contributed by atoms with van der Waals surface area (Å²) in [5.74, 6) is 0. The van der Waals surface area contributed by atoms with Crippen molar-refractivity contribution in [2.75, 3.05) is 14.2 Å². The molecule has 6 nitrogen and oxygen atoms in total. The molecule has 7 heteroatoms. The van der Waals surface area contributed by atoms with Crippen LogP contribution in [-0.4, -0.2) is 45.6 Å². The molecule has 16 heavy (non-hydrogen) atoms. The van der Waals surface area contributed by atoms with Gasteiger partial charge in [0.15, 0.2) is 5.16 Å². The highest BCUT2D eigenvalue weighted by Crippen LogP contribution is 2.24. The molecule has 1 aromatic rings. The molecule has 0 fully saturated rings. The molecule has 2 unspecified atom stereocenters. The van der Waals surface area contributed by atoms with Crippen LogP contribution in [0.15, 0.2) is 5.16 Å².